The number of amides is 1. The van der Waals surface area contributed by atoms with Gasteiger partial charge in [-0.1, -0.05) is 49.5 Å². The minimum atomic E-state index is -0.328. The van der Waals surface area contributed by atoms with Crippen molar-refractivity contribution in [3.05, 3.63) is 62.0 Å². The van der Waals surface area contributed by atoms with Crippen LogP contribution in [0.1, 0.15) is 49.8 Å². The molecule has 0 saturated carbocycles. The Labute approximate surface area is 250 Å². The molecule has 2 aliphatic heterocycles. The van der Waals surface area contributed by atoms with Crippen molar-refractivity contribution in [3.63, 3.8) is 0 Å². The van der Waals surface area contributed by atoms with Crippen LogP contribution < -0.4 is 15.4 Å². The fraction of sp³-hybridized carbons (Fsp3) is 0.467. The monoisotopic (exact) mass is 597 g/mol. The van der Waals surface area contributed by atoms with Gasteiger partial charge in [0, 0.05) is 58.0 Å². The van der Waals surface area contributed by atoms with E-state index >= 15 is 0 Å². The Kier molecular flexibility index (Phi) is 10.6. The van der Waals surface area contributed by atoms with Gasteiger partial charge in [0.25, 0.3) is 11.5 Å². The number of hydrogen-bond donors (Lipinski definition) is 0. The average Bonchev–Trinajstić information content (AvgIpc) is 3.24. The molecule has 0 aliphatic carbocycles. The Hall–Kier alpha value is -3.20. The number of carbonyl (C=O) groups excluding carboxylic acids is 1. The maximum Gasteiger partial charge on any atom is 0.270 e. The Bertz CT molecular complexity index is 1430. The van der Waals surface area contributed by atoms with Crippen LogP contribution in [0.25, 0.3) is 6.08 Å². The van der Waals surface area contributed by atoms with Crippen LogP contribution >= 0.6 is 24.0 Å². The van der Waals surface area contributed by atoms with E-state index in [1.54, 1.807) is 34.6 Å². The summed E-state index contributed by atoms with van der Waals surface area (Å²) in [6, 6.07) is 8.83. The number of piperazine rings is 1. The topological polar surface area (TPSA) is 81.8 Å². The summed E-state index contributed by atoms with van der Waals surface area (Å²) in [7, 11) is 0. The highest BCUT2D eigenvalue weighted by Crippen LogP contribution is 2.36. The van der Waals surface area contributed by atoms with Gasteiger partial charge in [0.05, 0.1) is 10.6 Å². The molecule has 41 heavy (non-hydrogen) atoms. The zero-order valence-electron chi connectivity index (χ0n) is 23.8. The van der Waals surface area contributed by atoms with Crippen LogP contribution in [0.2, 0.25) is 0 Å². The highest BCUT2D eigenvalue weighted by atomic mass is 32.2. The number of nitriles is 1. The third-order valence-electron chi connectivity index (χ3n) is 7.38. The molecule has 0 N–H and O–H groups in total. The summed E-state index contributed by atoms with van der Waals surface area (Å²) in [5.41, 5.74) is 1.52. The molecule has 0 spiro atoms. The summed E-state index contributed by atoms with van der Waals surface area (Å²) < 4.78 is 22.1. The van der Waals surface area contributed by atoms with Gasteiger partial charge >= 0.3 is 0 Å². The predicted molar refractivity (Wildman–Crippen MR) is 167 cm³/mol. The van der Waals surface area contributed by atoms with Crippen LogP contribution in [-0.2, 0) is 16.1 Å². The van der Waals surface area contributed by atoms with Gasteiger partial charge < -0.3 is 14.5 Å². The predicted octanol–water partition coefficient (Wildman–Crippen LogP) is 4.92. The molecule has 0 radical (unpaired) electrons. The molecule has 0 atom stereocenters. The Balaban J connectivity index is 1.73. The molecular formula is C30H36FN5O3S2. The van der Waals surface area contributed by atoms with E-state index in [0.29, 0.717) is 90.8 Å². The highest BCUT2D eigenvalue weighted by molar-refractivity contribution is 8.26. The first kappa shape index (κ1) is 30.8. The van der Waals surface area contributed by atoms with E-state index in [1.807, 2.05) is 17.9 Å². The number of carbonyl (C=O) groups is 1. The molecule has 2 aromatic rings. The normalized spacial score (nSPS) is 16.7. The Morgan fingerprint density at radius 3 is 2.46 bits per heavy atom. The largest absolute Gasteiger partial charge is 0.382 e. The number of ether oxygens (including phenoxy) is 1. The van der Waals surface area contributed by atoms with Gasteiger partial charge in [0.1, 0.15) is 27.6 Å². The van der Waals surface area contributed by atoms with Crippen molar-refractivity contribution in [2.45, 2.75) is 46.6 Å². The van der Waals surface area contributed by atoms with Crippen LogP contribution in [0.5, 0.6) is 0 Å². The van der Waals surface area contributed by atoms with Crippen LogP contribution in [0, 0.1) is 24.1 Å². The number of nitrogens with zero attached hydrogens (tertiary/aromatic N) is 5. The molecule has 2 saturated heterocycles. The number of anilines is 2. The summed E-state index contributed by atoms with van der Waals surface area (Å²) in [6.07, 6.45) is 4.10. The smallest absolute Gasteiger partial charge is 0.270 e. The number of benzene rings is 1. The molecule has 1 aromatic heterocycles. The summed E-state index contributed by atoms with van der Waals surface area (Å²) in [5.74, 6) is 0.241. The number of halogens is 1. The molecular weight excluding hydrogens is 561 g/mol. The number of rotatable bonds is 11. The van der Waals surface area contributed by atoms with Crippen molar-refractivity contribution >= 4 is 51.8 Å². The maximum absolute atomic E-state index is 14.5. The van der Waals surface area contributed by atoms with Crippen molar-refractivity contribution in [3.8, 4) is 6.07 Å². The first-order chi connectivity index (χ1) is 19.8. The third-order valence-corrected chi connectivity index (χ3v) is 8.76. The summed E-state index contributed by atoms with van der Waals surface area (Å²) in [4.78, 5) is 33.2. The second kappa shape index (κ2) is 14.1. The zero-order valence-corrected chi connectivity index (χ0v) is 25.5. The van der Waals surface area contributed by atoms with Crippen LogP contribution in [-0.4, -0.2) is 65.6 Å². The van der Waals surface area contributed by atoms with E-state index in [9.17, 15) is 19.2 Å². The highest BCUT2D eigenvalue weighted by Gasteiger charge is 2.33. The number of thiocarbonyl (C=S) groups is 1. The average molecular weight is 598 g/mol. The lowest BCUT2D eigenvalue weighted by Crippen LogP contribution is -2.49. The van der Waals surface area contributed by atoms with E-state index in [2.05, 4.69) is 17.9 Å². The summed E-state index contributed by atoms with van der Waals surface area (Å²) in [6.45, 7) is 10.0. The lowest BCUT2D eigenvalue weighted by Gasteiger charge is -2.39. The van der Waals surface area contributed by atoms with Gasteiger partial charge in [-0.2, -0.15) is 5.26 Å². The van der Waals surface area contributed by atoms with Gasteiger partial charge in [-0.15, -0.1) is 0 Å². The Morgan fingerprint density at radius 1 is 1.10 bits per heavy atom. The molecule has 4 rings (SSSR count). The molecule has 8 nitrogen and oxygen atoms in total. The van der Waals surface area contributed by atoms with Gasteiger partial charge in [0.15, 0.2) is 0 Å². The number of thioether (sulfide) groups is 1. The lowest BCUT2D eigenvalue weighted by atomic mass is 10.0. The van der Waals surface area contributed by atoms with Crippen molar-refractivity contribution in [2.24, 2.45) is 0 Å². The first-order valence-corrected chi connectivity index (χ1v) is 15.3. The fourth-order valence-corrected chi connectivity index (χ4v) is 6.46. The van der Waals surface area contributed by atoms with E-state index in [-0.39, 0.29) is 22.8 Å². The molecule has 1 aromatic carbocycles. The van der Waals surface area contributed by atoms with E-state index < -0.39 is 0 Å². The minimum Gasteiger partial charge on any atom is -0.382 e. The quantitative estimate of drug-likeness (QED) is 0.205. The number of pyridine rings is 1. The number of para-hydroxylation sites is 1. The lowest BCUT2D eigenvalue weighted by molar-refractivity contribution is -0.122. The molecule has 0 bridgehead atoms. The second-order valence-electron chi connectivity index (χ2n) is 9.97. The molecule has 1 amide bonds. The zero-order chi connectivity index (χ0) is 29.5. The minimum absolute atomic E-state index is 0.0771. The van der Waals surface area contributed by atoms with Crippen LogP contribution in [0.3, 0.4) is 0 Å². The molecule has 0 unspecified atom stereocenters. The summed E-state index contributed by atoms with van der Waals surface area (Å²) >= 11 is 6.77. The SMILES string of the molecule is CCCCn1c(N2CCN(c3ccccc3F)CC2)c(/C=C2/SC(=S)N(CCCOCC)C2=O)c(C)c(C#N)c1=O. The van der Waals surface area contributed by atoms with Gasteiger partial charge in [-0.3, -0.25) is 19.1 Å². The van der Waals surface area contributed by atoms with Crippen molar-refractivity contribution in [2.75, 3.05) is 55.7 Å². The van der Waals surface area contributed by atoms with E-state index in [0.717, 1.165) is 12.8 Å². The standard InChI is InChI=1S/C30H36FN5O3S2/c1-4-6-12-35-27(34-16-14-33(15-17-34)25-11-8-7-10-24(25)31)22(21(3)23(20-32)28(35)37)19-26-29(38)36(30(40)41-26)13-9-18-39-5-2/h7-8,10-11,19H,4-6,9,12-18H2,1-3H3/b26-19+. The number of unbranched alkanes of at least 4 members (excludes halogenated alkanes) is 1. The number of hydrogen-bond acceptors (Lipinski definition) is 8. The molecule has 3 heterocycles. The molecule has 2 aliphatic rings. The van der Waals surface area contributed by atoms with Crippen LogP contribution in [0.4, 0.5) is 15.9 Å². The molecule has 2 fully saturated rings. The first-order valence-electron chi connectivity index (χ1n) is 14.1. The van der Waals surface area contributed by atoms with E-state index in [1.165, 1.54) is 17.8 Å². The van der Waals surface area contributed by atoms with E-state index in [4.69, 9.17) is 17.0 Å². The third kappa shape index (κ3) is 6.66. The molecule has 218 valence electrons. The van der Waals surface area contributed by atoms with Gasteiger partial charge in [-0.05, 0) is 50.5 Å². The van der Waals surface area contributed by atoms with Gasteiger partial charge in [-0.25, -0.2) is 4.39 Å². The maximum atomic E-state index is 14.5. The van der Waals surface area contributed by atoms with Crippen molar-refractivity contribution in [1.29, 1.82) is 5.26 Å². The van der Waals surface area contributed by atoms with Crippen molar-refractivity contribution < 1.29 is 13.9 Å². The summed E-state index contributed by atoms with van der Waals surface area (Å²) in [5, 5.41) is 9.95. The fourth-order valence-electron chi connectivity index (χ4n) is 5.17. The Morgan fingerprint density at radius 2 is 1.80 bits per heavy atom. The second-order valence-corrected chi connectivity index (χ2v) is 11.6. The molecule has 11 heteroatoms. The van der Waals surface area contributed by atoms with Crippen LogP contribution in [0.15, 0.2) is 34.0 Å². The van der Waals surface area contributed by atoms with Gasteiger partial charge in [0.2, 0.25) is 0 Å². The number of aromatic nitrogens is 1. The van der Waals surface area contributed by atoms with Crippen molar-refractivity contribution in [1.82, 2.24) is 9.47 Å².